The summed E-state index contributed by atoms with van der Waals surface area (Å²) < 4.78 is 2.22. The van der Waals surface area contributed by atoms with Crippen molar-refractivity contribution in [2.24, 2.45) is 7.05 Å². The summed E-state index contributed by atoms with van der Waals surface area (Å²) in [5, 5.41) is 0. The molecule has 17 heavy (non-hydrogen) atoms. The standard InChI is InChI=1S/C15H14N2/c1-17-14-10-6-5-9-13(14)16-15(17)11-12-7-3-2-4-8-12/h2-10H,11H2,1H3/p+1. The lowest BCUT2D eigenvalue weighted by molar-refractivity contribution is -0.652. The summed E-state index contributed by atoms with van der Waals surface area (Å²) >= 11 is 0. The number of aromatic amines is 1. The van der Waals surface area contributed by atoms with Gasteiger partial charge in [-0.05, 0) is 17.7 Å². The van der Waals surface area contributed by atoms with Crippen LogP contribution in [-0.2, 0) is 13.5 Å². The first-order chi connectivity index (χ1) is 8.34. The number of aryl methyl sites for hydroxylation is 1. The Morgan fingerprint density at radius 2 is 1.65 bits per heavy atom. The Balaban J connectivity index is 2.04. The third kappa shape index (κ3) is 1.82. The molecule has 0 fully saturated rings. The predicted octanol–water partition coefficient (Wildman–Crippen LogP) is 2.58. The van der Waals surface area contributed by atoms with Gasteiger partial charge in [-0.15, -0.1) is 0 Å². The first kappa shape index (κ1) is 10.1. The number of H-pyrrole nitrogens is 1. The number of fused-ring (bicyclic) bond motifs is 1. The average Bonchev–Trinajstić information content (AvgIpc) is 2.68. The van der Waals surface area contributed by atoms with Crippen molar-refractivity contribution in [2.75, 3.05) is 0 Å². The van der Waals surface area contributed by atoms with Crippen molar-refractivity contribution in [2.45, 2.75) is 6.42 Å². The maximum absolute atomic E-state index is 3.48. The van der Waals surface area contributed by atoms with Gasteiger partial charge in [-0.2, -0.15) is 0 Å². The average molecular weight is 223 g/mol. The molecule has 2 aromatic carbocycles. The highest BCUT2D eigenvalue weighted by Gasteiger charge is 2.14. The van der Waals surface area contributed by atoms with Crippen LogP contribution in [0.25, 0.3) is 11.0 Å². The van der Waals surface area contributed by atoms with Crippen LogP contribution in [0.15, 0.2) is 54.6 Å². The number of imidazole rings is 1. The van der Waals surface area contributed by atoms with Gasteiger partial charge in [0.05, 0.1) is 13.5 Å². The second-order valence-electron chi connectivity index (χ2n) is 4.31. The Labute approximate surface area is 101 Å². The maximum atomic E-state index is 3.48. The molecule has 0 saturated carbocycles. The summed E-state index contributed by atoms with van der Waals surface area (Å²) in [6.45, 7) is 0. The van der Waals surface area contributed by atoms with E-state index in [4.69, 9.17) is 0 Å². The molecule has 0 amide bonds. The molecule has 0 aliphatic heterocycles. The van der Waals surface area contributed by atoms with E-state index in [1.807, 2.05) is 0 Å². The Hall–Kier alpha value is -2.09. The molecular formula is C15H15N2+. The molecule has 3 aromatic rings. The van der Waals surface area contributed by atoms with E-state index in [0.717, 1.165) is 6.42 Å². The van der Waals surface area contributed by atoms with Crippen LogP contribution in [0.3, 0.4) is 0 Å². The fourth-order valence-electron chi connectivity index (χ4n) is 2.21. The van der Waals surface area contributed by atoms with Gasteiger partial charge in [0.25, 0.3) is 5.82 Å². The zero-order valence-corrected chi connectivity index (χ0v) is 9.85. The van der Waals surface area contributed by atoms with Gasteiger partial charge in [-0.1, -0.05) is 42.5 Å². The molecule has 2 heteroatoms. The molecule has 0 aliphatic carbocycles. The third-order valence-electron chi connectivity index (χ3n) is 3.16. The van der Waals surface area contributed by atoms with E-state index in [-0.39, 0.29) is 0 Å². The van der Waals surface area contributed by atoms with Crippen LogP contribution in [0.1, 0.15) is 11.4 Å². The number of aromatic nitrogens is 2. The molecule has 0 unspecified atom stereocenters. The van der Waals surface area contributed by atoms with Crippen molar-refractivity contribution < 1.29 is 4.57 Å². The summed E-state index contributed by atoms with van der Waals surface area (Å²) in [5.74, 6) is 1.23. The van der Waals surface area contributed by atoms with Crippen molar-refractivity contribution in [1.82, 2.24) is 4.98 Å². The fourth-order valence-corrected chi connectivity index (χ4v) is 2.21. The minimum Gasteiger partial charge on any atom is -0.241 e. The van der Waals surface area contributed by atoms with E-state index in [9.17, 15) is 0 Å². The van der Waals surface area contributed by atoms with Crippen molar-refractivity contribution in [1.29, 1.82) is 0 Å². The van der Waals surface area contributed by atoms with E-state index >= 15 is 0 Å². The van der Waals surface area contributed by atoms with Crippen molar-refractivity contribution >= 4 is 11.0 Å². The summed E-state index contributed by atoms with van der Waals surface area (Å²) in [5.41, 5.74) is 3.77. The lowest BCUT2D eigenvalue weighted by Gasteiger charge is -1.96. The van der Waals surface area contributed by atoms with Gasteiger partial charge in [0.15, 0.2) is 11.0 Å². The Morgan fingerprint density at radius 1 is 0.941 bits per heavy atom. The SMILES string of the molecule is C[n+]1c(Cc2ccccc2)[nH]c2ccccc21. The first-order valence-corrected chi connectivity index (χ1v) is 5.84. The number of nitrogens with one attached hydrogen (secondary N) is 1. The smallest absolute Gasteiger partial charge is 0.241 e. The van der Waals surface area contributed by atoms with Gasteiger partial charge in [0.1, 0.15) is 0 Å². The summed E-state index contributed by atoms with van der Waals surface area (Å²) in [6, 6.07) is 18.9. The molecule has 1 heterocycles. The topological polar surface area (TPSA) is 19.7 Å². The second-order valence-corrected chi connectivity index (χ2v) is 4.31. The number of hydrogen-bond acceptors (Lipinski definition) is 0. The molecule has 1 aromatic heterocycles. The van der Waals surface area contributed by atoms with E-state index in [1.54, 1.807) is 0 Å². The van der Waals surface area contributed by atoms with Gasteiger partial charge in [0.2, 0.25) is 0 Å². The number of benzene rings is 2. The van der Waals surface area contributed by atoms with Crippen LogP contribution in [0.4, 0.5) is 0 Å². The Bertz CT molecular complexity index is 638. The van der Waals surface area contributed by atoms with Gasteiger partial charge >= 0.3 is 0 Å². The highest BCUT2D eigenvalue weighted by atomic mass is 15.1. The highest BCUT2D eigenvalue weighted by Crippen LogP contribution is 2.11. The van der Waals surface area contributed by atoms with Crippen LogP contribution in [-0.4, -0.2) is 4.98 Å². The fraction of sp³-hybridized carbons (Fsp3) is 0.133. The molecule has 84 valence electrons. The van der Waals surface area contributed by atoms with Gasteiger partial charge < -0.3 is 0 Å². The van der Waals surface area contributed by atoms with Crippen molar-refractivity contribution in [3.8, 4) is 0 Å². The summed E-state index contributed by atoms with van der Waals surface area (Å²) in [7, 11) is 2.11. The van der Waals surface area contributed by atoms with Crippen LogP contribution < -0.4 is 4.57 Å². The number of nitrogens with zero attached hydrogens (tertiary/aromatic N) is 1. The van der Waals surface area contributed by atoms with Gasteiger partial charge in [-0.3, -0.25) is 0 Å². The lowest BCUT2D eigenvalue weighted by atomic mass is 10.1. The molecule has 3 rings (SSSR count). The van der Waals surface area contributed by atoms with E-state index in [0.29, 0.717) is 0 Å². The number of para-hydroxylation sites is 2. The van der Waals surface area contributed by atoms with Crippen molar-refractivity contribution in [3.63, 3.8) is 0 Å². The monoisotopic (exact) mass is 223 g/mol. The van der Waals surface area contributed by atoms with E-state index in [2.05, 4.69) is 71.2 Å². The molecule has 2 nitrogen and oxygen atoms in total. The molecule has 0 saturated heterocycles. The molecule has 0 radical (unpaired) electrons. The molecule has 0 aliphatic rings. The van der Waals surface area contributed by atoms with Crippen LogP contribution in [0, 0.1) is 0 Å². The Morgan fingerprint density at radius 3 is 2.41 bits per heavy atom. The zero-order valence-electron chi connectivity index (χ0n) is 9.85. The second kappa shape index (κ2) is 4.06. The van der Waals surface area contributed by atoms with Crippen LogP contribution in [0.5, 0.6) is 0 Å². The molecule has 0 bridgehead atoms. The number of hydrogen-bond donors (Lipinski definition) is 1. The first-order valence-electron chi connectivity index (χ1n) is 5.84. The zero-order chi connectivity index (χ0) is 11.7. The summed E-state index contributed by atoms with van der Waals surface area (Å²) in [4.78, 5) is 3.48. The number of rotatable bonds is 2. The normalized spacial score (nSPS) is 10.9. The molecule has 0 spiro atoms. The largest absolute Gasteiger partial charge is 0.259 e. The minimum atomic E-state index is 0.937. The van der Waals surface area contributed by atoms with Gasteiger partial charge in [-0.25, -0.2) is 9.55 Å². The lowest BCUT2D eigenvalue weighted by Crippen LogP contribution is -2.31. The highest BCUT2D eigenvalue weighted by molar-refractivity contribution is 5.71. The minimum absolute atomic E-state index is 0.937. The van der Waals surface area contributed by atoms with E-state index < -0.39 is 0 Å². The third-order valence-corrected chi connectivity index (χ3v) is 3.16. The Kier molecular flexibility index (Phi) is 2.41. The van der Waals surface area contributed by atoms with Crippen LogP contribution in [0.2, 0.25) is 0 Å². The maximum Gasteiger partial charge on any atom is 0.259 e. The summed E-state index contributed by atoms with van der Waals surface area (Å²) in [6.07, 6.45) is 0.937. The quantitative estimate of drug-likeness (QED) is 0.644. The van der Waals surface area contributed by atoms with Crippen molar-refractivity contribution in [3.05, 3.63) is 66.0 Å². The van der Waals surface area contributed by atoms with Crippen LogP contribution >= 0.6 is 0 Å². The van der Waals surface area contributed by atoms with Gasteiger partial charge in [0, 0.05) is 0 Å². The van der Waals surface area contributed by atoms with E-state index in [1.165, 1.54) is 22.4 Å². The molecular weight excluding hydrogens is 208 g/mol. The molecule has 1 N–H and O–H groups in total. The molecule has 0 atom stereocenters. The predicted molar refractivity (Wildman–Crippen MR) is 68.7 cm³/mol.